The number of Topliss-reactive ketones (excluding diaryl/α,β-unsaturated/α-hetero) is 1. The summed E-state index contributed by atoms with van der Waals surface area (Å²) >= 11 is 0. The number of carbonyl (C=O) groups excluding carboxylic acids is 1. The Bertz CT molecular complexity index is 402. The molecule has 1 aromatic carbocycles. The Labute approximate surface area is 103 Å². The molecule has 0 amide bonds. The molecule has 0 saturated carbocycles. The van der Waals surface area contributed by atoms with Crippen LogP contribution in [-0.4, -0.2) is 37.4 Å². The molecule has 17 heavy (non-hydrogen) atoms. The third kappa shape index (κ3) is 3.75. The SMILES string of the molecule is CC(=O)c1cc(NCC(C)N(C)C)ccc1N. The van der Waals surface area contributed by atoms with E-state index in [1.165, 1.54) is 6.92 Å². The van der Waals surface area contributed by atoms with E-state index in [1.807, 2.05) is 20.2 Å². The molecule has 0 heterocycles. The van der Waals surface area contributed by atoms with E-state index in [9.17, 15) is 4.79 Å². The van der Waals surface area contributed by atoms with Gasteiger partial charge in [0.05, 0.1) is 0 Å². The van der Waals surface area contributed by atoms with Gasteiger partial charge >= 0.3 is 0 Å². The maximum atomic E-state index is 11.3. The minimum Gasteiger partial charge on any atom is -0.398 e. The molecule has 94 valence electrons. The highest BCUT2D eigenvalue weighted by Gasteiger charge is 2.07. The number of hydrogen-bond donors (Lipinski definition) is 2. The zero-order valence-corrected chi connectivity index (χ0v) is 10.9. The molecule has 0 spiro atoms. The highest BCUT2D eigenvalue weighted by molar-refractivity contribution is 5.99. The lowest BCUT2D eigenvalue weighted by molar-refractivity contribution is 0.101. The van der Waals surface area contributed by atoms with Crippen LogP contribution in [-0.2, 0) is 0 Å². The first-order valence-corrected chi connectivity index (χ1v) is 5.72. The predicted molar refractivity (Wildman–Crippen MR) is 72.5 cm³/mol. The number of nitrogens with two attached hydrogens (primary N) is 1. The minimum absolute atomic E-state index is 0.00759. The summed E-state index contributed by atoms with van der Waals surface area (Å²) in [6.45, 7) is 4.49. The molecule has 4 nitrogen and oxygen atoms in total. The molecule has 1 unspecified atom stereocenters. The number of nitrogens with one attached hydrogen (secondary N) is 1. The summed E-state index contributed by atoms with van der Waals surface area (Å²) < 4.78 is 0. The number of nitrogens with zero attached hydrogens (tertiary/aromatic N) is 1. The number of carbonyl (C=O) groups is 1. The van der Waals surface area contributed by atoms with E-state index < -0.39 is 0 Å². The van der Waals surface area contributed by atoms with Crippen molar-refractivity contribution in [3.8, 4) is 0 Å². The Morgan fingerprint density at radius 1 is 1.47 bits per heavy atom. The zero-order valence-electron chi connectivity index (χ0n) is 10.9. The van der Waals surface area contributed by atoms with Crippen molar-refractivity contribution in [2.24, 2.45) is 0 Å². The van der Waals surface area contributed by atoms with Gasteiger partial charge in [-0.2, -0.15) is 0 Å². The smallest absolute Gasteiger partial charge is 0.161 e. The van der Waals surface area contributed by atoms with Gasteiger partial charge in [0.15, 0.2) is 5.78 Å². The van der Waals surface area contributed by atoms with Gasteiger partial charge in [0, 0.05) is 29.5 Å². The van der Waals surface area contributed by atoms with Gasteiger partial charge in [0.25, 0.3) is 0 Å². The second-order valence-corrected chi connectivity index (χ2v) is 4.55. The van der Waals surface area contributed by atoms with Crippen LogP contribution < -0.4 is 11.1 Å². The van der Waals surface area contributed by atoms with Crippen molar-refractivity contribution in [2.45, 2.75) is 19.9 Å². The van der Waals surface area contributed by atoms with Crippen LogP contribution in [0.5, 0.6) is 0 Å². The first-order chi connectivity index (χ1) is 7.91. The van der Waals surface area contributed by atoms with Crippen molar-refractivity contribution in [3.05, 3.63) is 23.8 Å². The molecule has 0 aliphatic carbocycles. The lowest BCUT2D eigenvalue weighted by atomic mass is 10.1. The maximum absolute atomic E-state index is 11.3. The van der Waals surface area contributed by atoms with Gasteiger partial charge in [-0.15, -0.1) is 0 Å². The van der Waals surface area contributed by atoms with E-state index >= 15 is 0 Å². The molecule has 1 aromatic rings. The summed E-state index contributed by atoms with van der Waals surface area (Å²) in [5.41, 5.74) is 7.77. The fraction of sp³-hybridized carbons (Fsp3) is 0.462. The normalized spacial score (nSPS) is 12.5. The second kappa shape index (κ2) is 5.68. The summed E-state index contributed by atoms with van der Waals surface area (Å²) in [5.74, 6) is -0.00759. The average Bonchev–Trinajstić information content (AvgIpc) is 2.26. The monoisotopic (exact) mass is 235 g/mol. The fourth-order valence-corrected chi connectivity index (χ4v) is 1.42. The van der Waals surface area contributed by atoms with Gasteiger partial charge in [-0.05, 0) is 46.1 Å². The Morgan fingerprint density at radius 2 is 2.12 bits per heavy atom. The van der Waals surface area contributed by atoms with Gasteiger partial charge in [-0.3, -0.25) is 4.79 Å². The molecule has 0 saturated heterocycles. The second-order valence-electron chi connectivity index (χ2n) is 4.55. The quantitative estimate of drug-likeness (QED) is 0.604. The molecule has 0 radical (unpaired) electrons. The van der Waals surface area contributed by atoms with Crippen LogP contribution in [0.2, 0.25) is 0 Å². The van der Waals surface area contributed by atoms with E-state index in [2.05, 4.69) is 17.1 Å². The molecule has 1 rings (SSSR count). The fourth-order valence-electron chi connectivity index (χ4n) is 1.42. The van der Waals surface area contributed by atoms with Crippen LogP contribution in [0.25, 0.3) is 0 Å². The van der Waals surface area contributed by atoms with Crippen molar-refractivity contribution in [3.63, 3.8) is 0 Å². The predicted octanol–water partition coefficient (Wildman–Crippen LogP) is 1.83. The van der Waals surface area contributed by atoms with E-state index in [1.54, 1.807) is 12.1 Å². The molecule has 0 aliphatic heterocycles. The lowest BCUT2D eigenvalue weighted by Gasteiger charge is -2.20. The molecular weight excluding hydrogens is 214 g/mol. The largest absolute Gasteiger partial charge is 0.398 e. The Balaban J connectivity index is 2.73. The average molecular weight is 235 g/mol. The van der Waals surface area contributed by atoms with Crippen LogP contribution in [0, 0.1) is 0 Å². The number of benzene rings is 1. The van der Waals surface area contributed by atoms with Gasteiger partial charge < -0.3 is 16.0 Å². The number of rotatable bonds is 5. The number of likely N-dealkylation sites (N-methyl/N-ethyl adjacent to an activating group) is 1. The molecule has 0 aliphatic rings. The van der Waals surface area contributed by atoms with Crippen LogP contribution in [0.4, 0.5) is 11.4 Å². The van der Waals surface area contributed by atoms with Crippen molar-refractivity contribution in [1.29, 1.82) is 0 Å². The molecule has 4 heteroatoms. The summed E-state index contributed by atoms with van der Waals surface area (Å²) in [6, 6.07) is 5.89. The first-order valence-electron chi connectivity index (χ1n) is 5.72. The molecule has 0 aromatic heterocycles. The van der Waals surface area contributed by atoms with Crippen molar-refractivity contribution in [2.75, 3.05) is 31.7 Å². The zero-order chi connectivity index (χ0) is 13.0. The number of nitrogen functional groups attached to an aromatic ring is 1. The van der Waals surface area contributed by atoms with Crippen LogP contribution in [0.15, 0.2) is 18.2 Å². The maximum Gasteiger partial charge on any atom is 0.161 e. The molecular formula is C13H21N3O. The van der Waals surface area contributed by atoms with E-state index in [0.29, 0.717) is 17.3 Å². The Morgan fingerprint density at radius 3 is 2.65 bits per heavy atom. The van der Waals surface area contributed by atoms with Crippen molar-refractivity contribution in [1.82, 2.24) is 4.90 Å². The van der Waals surface area contributed by atoms with Crippen LogP contribution in [0.1, 0.15) is 24.2 Å². The van der Waals surface area contributed by atoms with Gasteiger partial charge in [-0.25, -0.2) is 0 Å². The molecule has 0 bridgehead atoms. The number of anilines is 2. The summed E-state index contributed by atoms with van der Waals surface area (Å²) in [4.78, 5) is 13.5. The third-order valence-electron chi connectivity index (χ3n) is 2.92. The van der Waals surface area contributed by atoms with Gasteiger partial charge in [0.1, 0.15) is 0 Å². The summed E-state index contributed by atoms with van der Waals surface area (Å²) in [6.07, 6.45) is 0. The minimum atomic E-state index is -0.00759. The van der Waals surface area contributed by atoms with Gasteiger partial charge in [-0.1, -0.05) is 0 Å². The number of ketones is 1. The van der Waals surface area contributed by atoms with E-state index in [4.69, 9.17) is 5.73 Å². The highest BCUT2D eigenvalue weighted by atomic mass is 16.1. The van der Waals surface area contributed by atoms with E-state index in [0.717, 1.165) is 12.2 Å². The lowest BCUT2D eigenvalue weighted by Crippen LogP contribution is -2.31. The van der Waals surface area contributed by atoms with E-state index in [-0.39, 0.29) is 5.78 Å². The van der Waals surface area contributed by atoms with Crippen molar-refractivity contribution < 1.29 is 4.79 Å². The molecule has 1 atom stereocenters. The molecule has 3 N–H and O–H groups in total. The first kappa shape index (κ1) is 13.5. The van der Waals surface area contributed by atoms with Crippen LogP contribution in [0.3, 0.4) is 0 Å². The Kier molecular flexibility index (Phi) is 4.52. The molecule has 0 fully saturated rings. The summed E-state index contributed by atoms with van der Waals surface area (Å²) in [7, 11) is 4.08. The van der Waals surface area contributed by atoms with Gasteiger partial charge in [0.2, 0.25) is 0 Å². The standard InChI is InChI=1S/C13H21N3O/c1-9(16(3)4)8-15-11-5-6-13(14)12(7-11)10(2)17/h5-7,9,15H,8,14H2,1-4H3. The van der Waals surface area contributed by atoms with Crippen LogP contribution >= 0.6 is 0 Å². The highest BCUT2D eigenvalue weighted by Crippen LogP contribution is 2.18. The summed E-state index contributed by atoms with van der Waals surface area (Å²) in [5, 5.41) is 3.30. The van der Waals surface area contributed by atoms with Crippen molar-refractivity contribution >= 4 is 17.2 Å². The topological polar surface area (TPSA) is 58.4 Å². The Hall–Kier alpha value is -1.55. The number of hydrogen-bond acceptors (Lipinski definition) is 4. The third-order valence-corrected chi connectivity index (χ3v) is 2.92.